The number of carboxylic acids is 1. The van der Waals surface area contributed by atoms with Crippen LogP contribution in [0.25, 0.3) is 0 Å². The fraction of sp³-hybridized carbons (Fsp3) is 0.708. The number of carboxylic acid groups (broad SMARTS) is 1. The fourth-order valence-corrected chi connectivity index (χ4v) is 6.80. The monoisotopic (exact) mass is 400 g/mol. The molecule has 2 saturated carbocycles. The van der Waals surface area contributed by atoms with Crippen molar-refractivity contribution in [2.45, 2.75) is 78.2 Å². The summed E-state index contributed by atoms with van der Waals surface area (Å²) in [5.74, 6) is -1.30. The highest BCUT2D eigenvalue weighted by Crippen LogP contribution is 2.67. The van der Waals surface area contributed by atoms with E-state index in [0.717, 1.165) is 31.3 Å². The Balaban J connectivity index is 1.80. The van der Waals surface area contributed by atoms with E-state index in [-0.39, 0.29) is 34.4 Å². The number of aliphatic carboxylic acids is 1. The third-order valence-corrected chi connectivity index (χ3v) is 8.87. The van der Waals surface area contributed by atoms with Gasteiger partial charge >= 0.3 is 11.9 Å². The molecule has 5 nitrogen and oxygen atoms in total. The summed E-state index contributed by atoms with van der Waals surface area (Å²) in [5.41, 5.74) is 1.14. The number of esters is 1. The number of hydrogen-bond acceptors (Lipinski definition) is 4. The molecule has 29 heavy (non-hydrogen) atoms. The normalized spacial score (nSPS) is 43.4. The number of allylic oxidation sites excluding steroid dienone is 4. The Morgan fingerprint density at radius 1 is 1.24 bits per heavy atom. The van der Waals surface area contributed by atoms with E-state index in [2.05, 4.69) is 19.9 Å². The van der Waals surface area contributed by atoms with Crippen LogP contribution in [0.5, 0.6) is 0 Å². The molecule has 5 heteroatoms. The molecule has 4 rings (SSSR count). The maximum Gasteiger partial charge on any atom is 0.307 e. The van der Waals surface area contributed by atoms with Crippen LogP contribution >= 0.6 is 0 Å². The first-order chi connectivity index (χ1) is 13.6. The number of rotatable bonds is 3. The smallest absolute Gasteiger partial charge is 0.307 e. The molecule has 2 fully saturated rings. The van der Waals surface area contributed by atoms with Gasteiger partial charge < -0.3 is 9.84 Å². The summed E-state index contributed by atoms with van der Waals surface area (Å²) in [4.78, 5) is 36.5. The Bertz CT molecular complexity index is 838. The third-order valence-electron chi connectivity index (χ3n) is 8.87. The van der Waals surface area contributed by atoms with E-state index in [1.165, 1.54) is 5.57 Å². The standard InChI is InChI=1S/C24H32O5/c1-5-19(26)29-24(4)11-8-18-20-16(21(27)28)13-14-12-15(25)6-9-22(14,2)17(20)7-10-23(18,24)3/h7,12,16,18,20H,5-6,8-11,13H2,1-4H3,(H,27,28)/t16-,18+,20-,22+,23+,24+/m1/s1. The van der Waals surface area contributed by atoms with Crippen molar-refractivity contribution in [2.75, 3.05) is 0 Å². The largest absolute Gasteiger partial charge is 0.481 e. The summed E-state index contributed by atoms with van der Waals surface area (Å²) in [6.07, 6.45) is 8.44. The number of fused-ring (bicyclic) bond motifs is 5. The van der Waals surface area contributed by atoms with Crippen molar-refractivity contribution in [1.29, 1.82) is 0 Å². The first-order valence-electron chi connectivity index (χ1n) is 10.9. The number of ketones is 1. The summed E-state index contributed by atoms with van der Waals surface area (Å²) in [6.45, 7) is 8.21. The van der Waals surface area contributed by atoms with Gasteiger partial charge in [-0.1, -0.05) is 38.0 Å². The number of hydrogen-bond donors (Lipinski definition) is 1. The van der Waals surface area contributed by atoms with Gasteiger partial charge in [0.1, 0.15) is 5.60 Å². The van der Waals surface area contributed by atoms with Gasteiger partial charge in [0.15, 0.2) is 5.78 Å². The van der Waals surface area contributed by atoms with Crippen molar-refractivity contribution in [2.24, 2.45) is 28.6 Å². The van der Waals surface area contributed by atoms with Crippen molar-refractivity contribution in [3.05, 3.63) is 23.3 Å². The van der Waals surface area contributed by atoms with E-state index in [1.54, 1.807) is 13.0 Å². The van der Waals surface area contributed by atoms with Crippen molar-refractivity contribution in [3.8, 4) is 0 Å². The molecule has 0 amide bonds. The Morgan fingerprint density at radius 3 is 2.62 bits per heavy atom. The second kappa shape index (κ2) is 6.55. The second-order valence-electron chi connectivity index (χ2n) is 10.1. The molecule has 0 heterocycles. The molecule has 4 aliphatic carbocycles. The van der Waals surface area contributed by atoms with E-state index < -0.39 is 17.5 Å². The van der Waals surface area contributed by atoms with Gasteiger partial charge in [0.2, 0.25) is 0 Å². The number of carbonyl (C=O) groups is 3. The van der Waals surface area contributed by atoms with Gasteiger partial charge in [0, 0.05) is 23.7 Å². The van der Waals surface area contributed by atoms with Crippen LogP contribution in [0, 0.1) is 28.6 Å². The number of carbonyl (C=O) groups excluding carboxylic acids is 2. The van der Waals surface area contributed by atoms with Gasteiger partial charge in [-0.25, -0.2) is 0 Å². The van der Waals surface area contributed by atoms with Crippen LogP contribution in [0.1, 0.15) is 72.6 Å². The Hall–Kier alpha value is -1.91. The molecular formula is C24H32O5. The lowest BCUT2D eigenvalue weighted by Gasteiger charge is -2.56. The Labute approximate surface area is 172 Å². The van der Waals surface area contributed by atoms with E-state index in [9.17, 15) is 19.5 Å². The molecule has 4 aliphatic rings. The van der Waals surface area contributed by atoms with Gasteiger partial charge in [-0.15, -0.1) is 0 Å². The predicted octanol–water partition coefficient (Wildman–Crippen LogP) is 4.46. The topological polar surface area (TPSA) is 80.7 Å². The maximum atomic E-state index is 12.3. The zero-order valence-corrected chi connectivity index (χ0v) is 17.9. The Morgan fingerprint density at radius 2 is 1.97 bits per heavy atom. The van der Waals surface area contributed by atoms with Crippen molar-refractivity contribution >= 4 is 17.7 Å². The van der Waals surface area contributed by atoms with E-state index in [1.807, 2.05) is 6.92 Å². The molecule has 0 saturated heterocycles. The minimum absolute atomic E-state index is 0.0660. The van der Waals surface area contributed by atoms with Crippen LogP contribution < -0.4 is 0 Å². The Kier molecular flexibility index (Phi) is 4.60. The third kappa shape index (κ3) is 2.76. The van der Waals surface area contributed by atoms with Crippen LogP contribution in [0.4, 0.5) is 0 Å². The fourth-order valence-electron chi connectivity index (χ4n) is 6.80. The minimum atomic E-state index is -0.787. The van der Waals surface area contributed by atoms with Gasteiger partial charge in [0.05, 0.1) is 5.92 Å². The van der Waals surface area contributed by atoms with Crippen molar-refractivity contribution < 1.29 is 24.2 Å². The lowest BCUT2D eigenvalue weighted by Crippen LogP contribution is -2.54. The van der Waals surface area contributed by atoms with Crippen LogP contribution in [-0.4, -0.2) is 28.4 Å². The lowest BCUT2D eigenvalue weighted by atomic mass is 9.48. The quantitative estimate of drug-likeness (QED) is 0.559. The van der Waals surface area contributed by atoms with Crippen molar-refractivity contribution in [3.63, 3.8) is 0 Å². The minimum Gasteiger partial charge on any atom is -0.481 e. The van der Waals surface area contributed by atoms with E-state index in [4.69, 9.17) is 4.74 Å². The highest BCUT2D eigenvalue weighted by Gasteiger charge is 2.64. The average Bonchev–Trinajstić information content (AvgIpc) is 2.92. The lowest BCUT2D eigenvalue weighted by molar-refractivity contribution is -0.174. The molecule has 0 aromatic rings. The van der Waals surface area contributed by atoms with Crippen LogP contribution in [0.2, 0.25) is 0 Å². The summed E-state index contributed by atoms with van der Waals surface area (Å²) < 4.78 is 5.97. The second-order valence-corrected chi connectivity index (χ2v) is 10.1. The molecule has 6 atom stereocenters. The molecule has 1 N–H and O–H groups in total. The molecule has 0 spiro atoms. The molecule has 0 aromatic carbocycles. The molecule has 0 unspecified atom stereocenters. The highest BCUT2D eigenvalue weighted by molar-refractivity contribution is 5.92. The molecule has 0 aliphatic heterocycles. The SMILES string of the molecule is CCC(=O)O[C@@]1(C)CC[C@H]2[C@H]3C(=CC[C@@]21C)[C@@]1(C)CCC(=O)C=C1C[C@H]3C(=O)O. The molecule has 0 radical (unpaired) electrons. The van der Waals surface area contributed by atoms with Crippen LogP contribution in [0.15, 0.2) is 23.3 Å². The van der Waals surface area contributed by atoms with Gasteiger partial charge in [0.25, 0.3) is 0 Å². The summed E-state index contributed by atoms with van der Waals surface area (Å²) in [6, 6.07) is 0. The van der Waals surface area contributed by atoms with Crippen LogP contribution in [-0.2, 0) is 19.1 Å². The van der Waals surface area contributed by atoms with E-state index >= 15 is 0 Å². The molecule has 158 valence electrons. The van der Waals surface area contributed by atoms with Gasteiger partial charge in [-0.2, -0.15) is 0 Å². The maximum absolute atomic E-state index is 12.3. The molecule has 0 bridgehead atoms. The zero-order valence-electron chi connectivity index (χ0n) is 17.9. The van der Waals surface area contributed by atoms with Crippen LogP contribution in [0.3, 0.4) is 0 Å². The summed E-state index contributed by atoms with van der Waals surface area (Å²) >= 11 is 0. The average molecular weight is 401 g/mol. The first kappa shape index (κ1) is 20.4. The molecular weight excluding hydrogens is 368 g/mol. The van der Waals surface area contributed by atoms with Gasteiger partial charge in [-0.3, -0.25) is 14.4 Å². The van der Waals surface area contributed by atoms with E-state index in [0.29, 0.717) is 19.3 Å². The van der Waals surface area contributed by atoms with Crippen molar-refractivity contribution in [1.82, 2.24) is 0 Å². The number of ether oxygens (including phenoxy) is 1. The van der Waals surface area contributed by atoms with Gasteiger partial charge in [-0.05, 0) is 56.9 Å². The first-order valence-corrected chi connectivity index (χ1v) is 10.9. The summed E-state index contributed by atoms with van der Waals surface area (Å²) in [5, 5.41) is 10.1. The highest BCUT2D eigenvalue weighted by atomic mass is 16.6. The summed E-state index contributed by atoms with van der Waals surface area (Å²) in [7, 11) is 0. The predicted molar refractivity (Wildman–Crippen MR) is 108 cm³/mol. The zero-order chi connectivity index (χ0) is 21.2. The molecule has 0 aromatic heterocycles.